The molecule has 0 saturated heterocycles. The number of carbonyl (C=O) groups excluding carboxylic acids is 1. The zero-order valence-electron chi connectivity index (χ0n) is 13.2. The van der Waals surface area contributed by atoms with Crippen molar-refractivity contribution in [3.05, 3.63) is 28.0 Å². The van der Waals surface area contributed by atoms with Crippen molar-refractivity contribution in [1.29, 1.82) is 0 Å². The zero-order valence-corrected chi connectivity index (χ0v) is 14.8. The average Bonchev–Trinajstić information content (AvgIpc) is 3.15. The van der Waals surface area contributed by atoms with Gasteiger partial charge in [-0.1, -0.05) is 19.0 Å². The summed E-state index contributed by atoms with van der Waals surface area (Å²) < 4.78 is 32.3. The van der Waals surface area contributed by atoms with Crippen LogP contribution in [0.5, 0.6) is 0 Å². The van der Waals surface area contributed by atoms with E-state index >= 15 is 0 Å². The molecule has 2 heterocycles. The van der Waals surface area contributed by atoms with E-state index in [0.29, 0.717) is 10.7 Å². The van der Waals surface area contributed by atoms with E-state index in [0.717, 1.165) is 11.3 Å². The lowest BCUT2D eigenvalue weighted by molar-refractivity contribution is 0.0967. The molecule has 2 rings (SSSR count). The van der Waals surface area contributed by atoms with Crippen molar-refractivity contribution in [2.24, 2.45) is 0 Å². The Bertz CT molecular complexity index is 795. The second kappa shape index (κ2) is 6.77. The lowest BCUT2D eigenvalue weighted by Gasteiger charge is -2.09. The van der Waals surface area contributed by atoms with Gasteiger partial charge in [0.1, 0.15) is 0 Å². The zero-order chi connectivity index (χ0) is 17.2. The van der Waals surface area contributed by atoms with Gasteiger partial charge in [-0.25, -0.2) is 8.42 Å². The number of carbonyl (C=O) groups is 1. The third-order valence-corrected chi connectivity index (χ3v) is 5.61. The summed E-state index contributed by atoms with van der Waals surface area (Å²) in [4.78, 5) is 16.0. The first kappa shape index (κ1) is 17.6. The van der Waals surface area contributed by atoms with Crippen LogP contribution in [0.4, 0.5) is 0 Å². The number of nitrogens with one attached hydrogen (secondary N) is 2. The smallest absolute Gasteiger partial charge is 0.261 e. The van der Waals surface area contributed by atoms with Crippen LogP contribution >= 0.6 is 11.3 Å². The third kappa shape index (κ3) is 3.95. The Morgan fingerprint density at radius 2 is 2.04 bits per heavy atom. The number of nitrogens with zero attached hydrogens (tertiary/aromatic N) is 2. The Hall–Kier alpha value is -1.78. The molecule has 0 aliphatic rings. The summed E-state index contributed by atoms with van der Waals surface area (Å²) in [6, 6.07) is 0.648. The minimum atomic E-state index is -3.79. The van der Waals surface area contributed by atoms with Crippen LogP contribution < -0.4 is 10.0 Å². The highest BCUT2D eigenvalue weighted by Crippen LogP contribution is 2.22. The topological polar surface area (TPSA) is 114 Å². The molecule has 126 valence electrons. The van der Waals surface area contributed by atoms with Crippen LogP contribution in [0.25, 0.3) is 0 Å². The fourth-order valence-corrected chi connectivity index (χ4v) is 4.13. The number of thiophene rings is 1. The average molecular weight is 358 g/mol. The van der Waals surface area contributed by atoms with Gasteiger partial charge in [0.25, 0.3) is 5.91 Å². The summed E-state index contributed by atoms with van der Waals surface area (Å²) >= 11 is 1.06. The maximum atomic E-state index is 12.4. The van der Waals surface area contributed by atoms with Crippen molar-refractivity contribution in [2.45, 2.75) is 37.6 Å². The Kier molecular flexibility index (Phi) is 5.17. The highest BCUT2D eigenvalue weighted by molar-refractivity contribution is 7.89. The van der Waals surface area contributed by atoms with Crippen LogP contribution in [0.2, 0.25) is 0 Å². The number of hydrogen-bond acceptors (Lipinski definition) is 7. The summed E-state index contributed by atoms with van der Waals surface area (Å²) in [6.07, 6.45) is 0. The summed E-state index contributed by atoms with van der Waals surface area (Å²) in [5.41, 5.74) is 0. The Labute approximate surface area is 138 Å². The number of sulfonamides is 1. The van der Waals surface area contributed by atoms with Gasteiger partial charge in [-0.2, -0.15) is 9.71 Å². The van der Waals surface area contributed by atoms with Gasteiger partial charge >= 0.3 is 0 Å². The summed E-state index contributed by atoms with van der Waals surface area (Å²) in [6.45, 7) is 5.44. The molecule has 8 nitrogen and oxygen atoms in total. The molecule has 0 fully saturated rings. The summed E-state index contributed by atoms with van der Waals surface area (Å²) in [5.74, 6) is 0.466. The van der Waals surface area contributed by atoms with E-state index in [4.69, 9.17) is 4.52 Å². The van der Waals surface area contributed by atoms with Gasteiger partial charge < -0.3 is 9.84 Å². The number of amides is 1. The SMILES string of the molecule is CNC(=O)c1cc(S(=O)(=O)NC(C)c2nc(C(C)C)no2)cs1. The van der Waals surface area contributed by atoms with Crippen molar-refractivity contribution in [3.8, 4) is 0 Å². The molecule has 0 aromatic carbocycles. The van der Waals surface area contributed by atoms with Crippen molar-refractivity contribution in [3.63, 3.8) is 0 Å². The third-order valence-electron chi connectivity index (χ3n) is 3.01. The van der Waals surface area contributed by atoms with Crippen LogP contribution in [0, 0.1) is 0 Å². The monoisotopic (exact) mass is 358 g/mol. The van der Waals surface area contributed by atoms with E-state index in [-0.39, 0.29) is 22.6 Å². The van der Waals surface area contributed by atoms with Crippen LogP contribution in [0.3, 0.4) is 0 Å². The molecule has 0 saturated carbocycles. The molecule has 1 unspecified atom stereocenters. The Morgan fingerprint density at radius 3 is 2.61 bits per heavy atom. The van der Waals surface area contributed by atoms with Gasteiger partial charge in [0, 0.05) is 18.3 Å². The van der Waals surface area contributed by atoms with Gasteiger partial charge in [0.15, 0.2) is 5.82 Å². The van der Waals surface area contributed by atoms with Gasteiger partial charge in [-0.15, -0.1) is 11.3 Å². The van der Waals surface area contributed by atoms with Crippen molar-refractivity contribution < 1.29 is 17.7 Å². The summed E-state index contributed by atoms with van der Waals surface area (Å²) in [5, 5.41) is 7.66. The molecule has 0 aliphatic heterocycles. The van der Waals surface area contributed by atoms with Crippen molar-refractivity contribution in [2.75, 3.05) is 7.05 Å². The predicted octanol–water partition coefficient (Wildman–Crippen LogP) is 1.65. The number of aromatic nitrogens is 2. The maximum Gasteiger partial charge on any atom is 0.261 e. The number of rotatable bonds is 6. The van der Waals surface area contributed by atoms with E-state index < -0.39 is 16.1 Å². The Balaban J connectivity index is 2.16. The minimum absolute atomic E-state index is 0.0246. The molecule has 1 atom stereocenters. The quantitative estimate of drug-likeness (QED) is 0.811. The van der Waals surface area contributed by atoms with Crippen molar-refractivity contribution in [1.82, 2.24) is 20.2 Å². The lowest BCUT2D eigenvalue weighted by atomic mass is 10.2. The molecule has 23 heavy (non-hydrogen) atoms. The van der Waals surface area contributed by atoms with Crippen LogP contribution in [0.15, 0.2) is 20.9 Å². The van der Waals surface area contributed by atoms with E-state index in [1.54, 1.807) is 6.92 Å². The first-order valence-corrected chi connectivity index (χ1v) is 9.27. The highest BCUT2D eigenvalue weighted by Gasteiger charge is 2.24. The summed E-state index contributed by atoms with van der Waals surface area (Å²) in [7, 11) is -2.30. The van der Waals surface area contributed by atoms with Gasteiger partial charge in [-0.3, -0.25) is 4.79 Å². The standard InChI is InChI=1S/C13H18N4O4S2/c1-7(2)11-15-13(21-16-11)8(3)17-23(19,20)9-5-10(22-6-9)12(18)14-4/h5-8,17H,1-4H3,(H,14,18). The second-order valence-electron chi connectivity index (χ2n) is 5.21. The minimum Gasteiger partial charge on any atom is -0.354 e. The molecule has 1 amide bonds. The largest absolute Gasteiger partial charge is 0.354 e. The second-order valence-corrected chi connectivity index (χ2v) is 7.84. The molecule has 0 spiro atoms. The van der Waals surface area contributed by atoms with E-state index in [1.165, 1.54) is 18.5 Å². The van der Waals surface area contributed by atoms with E-state index in [9.17, 15) is 13.2 Å². The molecular weight excluding hydrogens is 340 g/mol. The Morgan fingerprint density at radius 1 is 1.35 bits per heavy atom. The van der Waals surface area contributed by atoms with Gasteiger partial charge in [0.05, 0.1) is 15.8 Å². The molecule has 0 radical (unpaired) electrons. The molecule has 0 bridgehead atoms. The normalized spacial score (nSPS) is 13.3. The first-order valence-electron chi connectivity index (χ1n) is 6.91. The number of hydrogen-bond donors (Lipinski definition) is 2. The highest BCUT2D eigenvalue weighted by atomic mass is 32.2. The molecule has 2 N–H and O–H groups in total. The molecule has 2 aromatic rings. The molecule has 10 heteroatoms. The van der Waals surface area contributed by atoms with Crippen LogP contribution in [-0.4, -0.2) is 31.5 Å². The molecule has 0 aliphatic carbocycles. The predicted molar refractivity (Wildman–Crippen MR) is 84.8 cm³/mol. The fraction of sp³-hybridized carbons (Fsp3) is 0.462. The van der Waals surface area contributed by atoms with Crippen molar-refractivity contribution >= 4 is 27.3 Å². The van der Waals surface area contributed by atoms with Crippen LogP contribution in [0.1, 0.15) is 54.1 Å². The molecule has 2 aromatic heterocycles. The van der Waals surface area contributed by atoms with Gasteiger partial charge in [0.2, 0.25) is 15.9 Å². The maximum absolute atomic E-state index is 12.4. The van der Waals surface area contributed by atoms with Gasteiger partial charge in [-0.05, 0) is 13.0 Å². The van der Waals surface area contributed by atoms with E-state index in [1.807, 2.05) is 13.8 Å². The van der Waals surface area contributed by atoms with E-state index in [2.05, 4.69) is 20.2 Å². The first-order chi connectivity index (χ1) is 10.7. The van der Waals surface area contributed by atoms with Crippen LogP contribution in [-0.2, 0) is 10.0 Å². The molecular formula is C13H18N4O4S2. The lowest BCUT2D eigenvalue weighted by Crippen LogP contribution is -2.27. The fourth-order valence-electron chi connectivity index (χ4n) is 1.71.